The van der Waals surface area contributed by atoms with Crippen molar-refractivity contribution in [3.8, 4) is 0 Å². The van der Waals surface area contributed by atoms with E-state index in [2.05, 4.69) is 4.72 Å². The molecule has 0 atom stereocenters. The smallest absolute Gasteiger partial charge is 0.207 e. The molecule has 0 heterocycles. The largest absolute Gasteiger partial charge is 0.240 e. The Morgan fingerprint density at radius 3 is 2.43 bits per heavy atom. The third kappa shape index (κ3) is 3.87. The molecule has 2 aromatic rings. The van der Waals surface area contributed by atoms with Crippen LogP contribution in [0.4, 0.5) is 4.39 Å². The first-order chi connectivity index (χ1) is 9.81. The van der Waals surface area contributed by atoms with E-state index >= 15 is 0 Å². The zero-order valence-corrected chi connectivity index (χ0v) is 13.5. The van der Waals surface area contributed by atoms with Crippen molar-refractivity contribution in [2.45, 2.75) is 11.4 Å². The molecule has 0 amide bonds. The predicted molar refractivity (Wildman–Crippen MR) is 81.9 cm³/mol. The van der Waals surface area contributed by atoms with Crippen LogP contribution < -0.4 is 4.72 Å². The second-order valence-electron chi connectivity index (χ2n) is 4.11. The number of sulfonamides is 1. The van der Waals surface area contributed by atoms with Crippen LogP contribution in [-0.2, 0) is 16.6 Å². The van der Waals surface area contributed by atoms with Crippen LogP contribution in [0, 0.1) is 5.82 Å². The zero-order chi connectivity index (χ0) is 15.6. The van der Waals surface area contributed by atoms with Crippen molar-refractivity contribution in [2.24, 2.45) is 0 Å². The van der Waals surface area contributed by atoms with Gasteiger partial charge in [-0.25, -0.2) is 17.5 Å². The quantitative estimate of drug-likeness (QED) is 0.876. The molecule has 2 rings (SSSR count). The number of halogens is 4. The summed E-state index contributed by atoms with van der Waals surface area (Å²) in [5.41, 5.74) is 0.529. The maximum absolute atomic E-state index is 13.1. The van der Waals surface area contributed by atoms with Gasteiger partial charge in [-0.05, 0) is 29.8 Å². The fourth-order valence-corrected chi connectivity index (χ4v) is 3.25. The van der Waals surface area contributed by atoms with Gasteiger partial charge in [0.15, 0.2) is 0 Å². The van der Waals surface area contributed by atoms with Gasteiger partial charge in [0.1, 0.15) is 5.82 Å². The van der Waals surface area contributed by atoms with Crippen LogP contribution >= 0.6 is 34.8 Å². The van der Waals surface area contributed by atoms with Gasteiger partial charge in [-0.15, -0.1) is 0 Å². The van der Waals surface area contributed by atoms with E-state index in [9.17, 15) is 12.8 Å². The lowest BCUT2D eigenvalue weighted by Gasteiger charge is -2.09. The molecule has 3 nitrogen and oxygen atoms in total. The lowest BCUT2D eigenvalue weighted by molar-refractivity contribution is 0.580. The van der Waals surface area contributed by atoms with Crippen molar-refractivity contribution in [1.29, 1.82) is 0 Å². The first kappa shape index (κ1) is 16.5. The van der Waals surface area contributed by atoms with E-state index < -0.39 is 15.8 Å². The van der Waals surface area contributed by atoms with Gasteiger partial charge in [-0.1, -0.05) is 46.9 Å². The molecule has 0 saturated heterocycles. The number of rotatable bonds is 4. The number of benzene rings is 2. The lowest BCUT2D eigenvalue weighted by atomic mass is 10.2. The molecule has 0 aliphatic carbocycles. The number of hydrogen-bond acceptors (Lipinski definition) is 2. The third-order valence-corrected chi connectivity index (χ3v) is 5.23. The molecule has 0 saturated carbocycles. The Morgan fingerprint density at radius 1 is 1.05 bits per heavy atom. The molecular formula is C13H9Cl3FNO2S. The molecule has 0 aromatic heterocycles. The molecule has 2 aromatic carbocycles. The van der Waals surface area contributed by atoms with Gasteiger partial charge >= 0.3 is 0 Å². The van der Waals surface area contributed by atoms with Gasteiger partial charge in [0, 0.05) is 6.54 Å². The van der Waals surface area contributed by atoms with Crippen molar-refractivity contribution in [3.05, 3.63) is 62.8 Å². The minimum atomic E-state index is -3.83. The molecular weight excluding hydrogens is 360 g/mol. The highest BCUT2D eigenvalue weighted by Gasteiger charge is 2.16. The second kappa shape index (κ2) is 6.50. The molecule has 0 fully saturated rings. The molecule has 0 radical (unpaired) electrons. The second-order valence-corrected chi connectivity index (χ2v) is 7.07. The van der Waals surface area contributed by atoms with Crippen molar-refractivity contribution in [3.63, 3.8) is 0 Å². The average molecular weight is 369 g/mol. The SMILES string of the molecule is O=S(=O)(NCc1cccc(Cl)c1Cl)c1ccc(F)c(Cl)c1. The van der Waals surface area contributed by atoms with Crippen molar-refractivity contribution in [2.75, 3.05) is 0 Å². The zero-order valence-electron chi connectivity index (χ0n) is 10.4. The van der Waals surface area contributed by atoms with Gasteiger partial charge in [-0.3, -0.25) is 0 Å². The van der Waals surface area contributed by atoms with Crippen LogP contribution in [0.2, 0.25) is 15.1 Å². The summed E-state index contributed by atoms with van der Waals surface area (Å²) in [5.74, 6) is -0.687. The minimum absolute atomic E-state index is 0.0449. The maximum Gasteiger partial charge on any atom is 0.240 e. The van der Waals surface area contributed by atoms with E-state index in [4.69, 9.17) is 34.8 Å². The standard InChI is InChI=1S/C13H9Cl3FNO2S/c14-10-3-1-2-8(13(10)16)7-18-21(19,20)9-4-5-12(17)11(15)6-9/h1-6,18H,7H2. The normalized spacial score (nSPS) is 11.6. The summed E-state index contributed by atoms with van der Waals surface area (Å²) in [6.07, 6.45) is 0. The Bertz CT molecular complexity index is 781. The molecule has 112 valence electrons. The molecule has 0 aliphatic rings. The predicted octanol–water partition coefficient (Wildman–Crippen LogP) is 4.26. The Hall–Kier alpha value is -0.850. The van der Waals surface area contributed by atoms with E-state index in [0.29, 0.717) is 10.6 Å². The molecule has 21 heavy (non-hydrogen) atoms. The first-order valence-electron chi connectivity index (χ1n) is 5.69. The van der Waals surface area contributed by atoms with Crippen LogP contribution in [0.25, 0.3) is 0 Å². The molecule has 0 bridgehead atoms. The molecule has 0 spiro atoms. The van der Waals surface area contributed by atoms with Crippen molar-refractivity contribution in [1.82, 2.24) is 4.72 Å². The fraction of sp³-hybridized carbons (Fsp3) is 0.0769. The minimum Gasteiger partial charge on any atom is -0.207 e. The van der Waals surface area contributed by atoms with Gasteiger partial charge in [0.25, 0.3) is 0 Å². The highest BCUT2D eigenvalue weighted by molar-refractivity contribution is 7.89. The molecule has 0 aliphatic heterocycles. The van der Waals surface area contributed by atoms with E-state index in [0.717, 1.165) is 18.2 Å². The van der Waals surface area contributed by atoms with E-state index in [-0.39, 0.29) is 21.5 Å². The number of hydrogen-bond donors (Lipinski definition) is 1. The lowest BCUT2D eigenvalue weighted by Crippen LogP contribution is -2.23. The number of nitrogens with one attached hydrogen (secondary N) is 1. The molecule has 0 unspecified atom stereocenters. The summed E-state index contributed by atoms with van der Waals surface area (Å²) < 4.78 is 39.6. The van der Waals surface area contributed by atoms with Crippen LogP contribution in [0.15, 0.2) is 41.3 Å². The van der Waals surface area contributed by atoms with Crippen molar-refractivity contribution >= 4 is 44.8 Å². The highest BCUT2D eigenvalue weighted by atomic mass is 35.5. The summed E-state index contributed by atoms with van der Waals surface area (Å²) in [6, 6.07) is 8.06. The molecule has 1 N–H and O–H groups in total. The monoisotopic (exact) mass is 367 g/mol. The topological polar surface area (TPSA) is 46.2 Å². The Balaban J connectivity index is 2.22. The van der Waals surface area contributed by atoms with E-state index in [1.807, 2.05) is 0 Å². The van der Waals surface area contributed by atoms with Gasteiger partial charge in [0.05, 0.1) is 20.0 Å². The van der Waals surface area contributed by atoms with Crippen molar-refractivity contribution < 1.29 is 12.8 Å². The highest BCUT2D eigenvalue weighted by Crippen LogP contribution is 2.26. The van der Waals surface area contributed by atoms with Crippen LogP contribution in [0.3, 0.4) is 0 Å². The van der Waals surface area contributed by atoms with E-state index in [1.54, 1.807) is 18.2 Å². The summed E-state index contributed by atoms with van der Waals surface area (Å²) in [7, 11) is -3.83. The summed E-state index contributed by atoms with van der Waals surface area (Å²) in [5, 5.41) is 0.343. The van der Waals surface area contributed by atoms with Crippen LogP contribution in [0.5, 0.6) is 0 Å². The van der Waals surface area contributed by atoms with Gasteiger partial charge in [-0.2, -0.15) is 0 Å². The Morgan fingerprint density at radius 2 is 1.76 bits per heavy atom. The van der Waals surface area contributed by atoms with Crippen LogP contribution in [0.1, 0.15) is 5.56 Å². The summed E-state index contributed by atoms with van der Waals surface area (Å²) in [4.78, 5) is -0.132. The van der Waals surface area contributed by atoms with Crippen LogP contribution in [-0.4, -0.2) is 8.42 Å². The molecule has 8 heteroatoms. The Kier molecular flexibility index (Phi) is 5.11. The van der Waals surface area contributed by atoms with Gasteiger partial charge in [0.2, 0.25) is 10.0 Å². The summed E-state index contributed by atoms with van der Waals surface area (Å²) in [6.45, 7) is -0.0449. The third-order valence-electron chi connectivity index (χ3n) is 2.69. The first-order valence-corrected chi connectivity index (χ1v) is 8.30. The average Bonchev–Trinajstić information content (AvgIpc) is 2.43. The van der Waals surface area contributed by atoms with E-state index in [1.165, 1.54) is 0 Å². The fourth-order valence-electron chi connectivity index (χ4n) is 1.59. The Labute approximate surface area is 136 Å². The van der Waals surface area contributed by atoms with Gasteiger partial charge < -0.3 is 0 Å². The maximum atomic E-state index is 13.1. The summed E-state index contributed by atoms with van der Waals surface area (Å²) >= 11 is 17.4.